The molecule has 0 saturated carbocycles. The fraction of sp³-hybridized carbons (Fsp3) is 0.654. The summed E-state index contributed by atoms with van der Waals surface area (Å²) >= 11 is 0. The van der Waals surface area contributed by atoms with Gasteiger partial charge in [-0.1, -0.05) is 41.5 Å². The number of aromatic amines is 1. The van der Waals surface area contributed by atoms with E-state index in [-0.39, 0.29) is 39.3 Å². The van der Waals surface area contributed by atoms with Gasteiger partial charge in [0, 0.05) is 18.8 Å². The fourth-order valence-corrected chi connectivity index (χ4v) is 6.25. The SMILES string of the molecule is CC(C)(C)[Si](C)(C)OC[C@H]1O[C@@H](n2cnc3c(=O)[nH]c(Nc4ncccn4)nc32)C[C@@H]1O[Si](C)(C)C(C)(C)C. The van der Waals surface area contributed by atoms with E-state index in [9.17, 15) is 4.79 Å². The van der Waals surface area contributed by atoms with E-state index in [1.807, 2.05) is 4.57 Å². The average Bonchev–Trinajstić information content (AvgIpc) is 3.41. The number of aromatic nitrogens is 6. The van der Waals surface area contributed by atoms with Crippen molar-refractivity contribution in [2.24, 2.45) is 0 Å². The highest BCUT2D eigenvalue weighted by atomic mass is 28.4. The third kappa shape index (κ3) is 6.32. The van der Waals surface area contributed by atoms with Gasteiger partial charge in [0.2, 0.25) is 11.9 Å². The Kier molecular flexibility index (Phi) is 7.95. The van der Waals surface area contributed by atoms with E-state index in [2.05, 4.69) is 98.0 Å². The number of fused-ring (bicyclic) bond motifs is 1. The van der Waals surface area contributed by atoms with Gasteiger partial charge in [0.15, 0.2) is 27.8 Å². The Morgan fingerprint density at radius 3 is 2.31 bits per heavy atom. The Morgan fingerprint density at radius 1 is 1.05 bits per heavy atom. The molecular formula is C26H43N7O4Si2. The first-order valence-corrected chi connectivity index (χ1v) is 19.3. The first-order valence-electron chi connectivity index (χ1n) is 13.5. The second-order valence-corrected chi connectivity index (χ2v) is 22.9. The van der Waals surface area contributed by atoms with Gasteiger partial charge in [0.1, 0.15) is 12.3 Å². The van der Waals surface area contributed by atoms with E-state index in [4.69, 9.17) is 13.6 Å². The molecule has 3 aromatic heterocycles. The van der Waals surface area contributed by atoms with Crippen LogP contribution in [-0.4, -0.2) is 64.9 Å². The number of nitrogens with one attached hydrogen (secondary N) is 2. The van der Waals surface area contributed by atoms with E-state index < -0.39 is 22.9 Å². The summed E-state index contributed by atoms with van der Waals surface area (Å²) in [7, 11) is -4.10. The summed E-state index contributed by atoms with van der Waals surface area (Å²) in [4.78, 5) is 32.8. The molecule has 0 spiro atoms. The smallest absolute Gasteiger partial charge is 0.280 e. The van der Waals surface area contributed by atoms with Gasteiger partial charge in [0.25, 0.3) is 5.56 Å². The summed E-state index contributed by atoms with van der Waals surface area (Å²) in [6.45, 7) is 22.8. The molecule has 2 N–H and O–H groups in total. The molecule has 11 nitrogen and oxygen atoms in total. The molecule has 1 aliphatic heterocycles. The lowest BCUT2D eigenvalue weighted by Crippen LogP contribution is -2.48. The number of hydrogen-bond acceptors (Lipinski definition) is 9. The lowest BCUT2D eigenvalue weighted by atomic mass is 10.2. The van der Waals surface area contributed by atoms with Crippen molar-refractivity contribution in [3.05, 3.63) is 35.1 Å². The second-order valence-electron chi connectivity index (χ2n) is 13.3. The Labute approximate surface area is 232 Å². The van der Waals surface area contributed by atoms with Crippen LogP contribution in [0, 0.1) is 0 Å². The Hall–Kier alpha value is -2.46. The van der Waals surface area contributed by atoms with Crippen LogP contribution in [0.3, 0.4) is 0 Å². The van der Waals surface area contributed by atoms with Gasteiger partial charge in [-0.05, 0) is 42.3 Å². The molecular weight excluding hydrogens is 531 g/mol. The highest BCUT2D eigenvalue weighted by Gasteiger charge is 2.47. The zero-order valence-corrected chi connectivity index (χ0v) is 26.8. The van der Waals surface area contributed by atoms with Crippen molar-refractivity contribution >= 4 is 39.7 Å². The van der Waals surface area contributed by atoms with E-state index >= 15 is 0 Å². The minimum absolute atomic E-state index is 0.0482. The van der Waals surface area contributed by atoms with Crippen LogP contribution in [0.2, 0.25) is 36.3 Å². The normalized spacial score (nSPS) is 21.0. The summed E-state index contributed by atoms with van der Waals surface area (Å²) in [5.74, 6) is 0.555. The van der Waals surface area contributed by atoms with Crippen molar-refractivity contribution in [1.82, 2.24) is 29.5 Å². The lowest BCUT2D eigenvalue weighted by Gasteiger charge is -2.40. The number of nitrogens with zero attached hydrogens (tertiary/aromatic N) is 5. The molecule has 214 valence electrons. The van der Waals surface area contributed by atoms with Gasteiger partial charge in [-0.3, -0.25) is 19.7 Å². The van der Waals surface area contributed by atoms with E-state index in [1.165, 1.54) is 0 Å². The standard InChI is InChI=1S/C26H43N7O4Si2/c1-25(2,3)38(7,8)35-15-18-17(37-39(9,10)26(4,5)6)14-19(36-18)33-16-29-20-21(33)30-24(31-22(20)34)32-23-27-12-11-13-28-23/h11-13,16-19H,14-15H2,1-10H3,(H2,27,28,30,31,32,34)/t17-,18+,19+/m0/s1. The van der Waals surface area contributed by atoms with Crippen LogP contribution in [0.25, 0.3) is 11.2 Å². The molecule has 3 atom stereocenters. The highest BCUT2D eigenvalue weighted by Crippen LogP contribution is 2.42. The molecule has 4 rings (SSSR count). The van der Waals surface area contributed by atoms with Crippen molar-refractivity contribution in [3.8, 4) is 0 Å². The van der Waals surface area contributed by atoms with Crippen LogP contribution in [0.4, 0.5) is 11.9 Å². The molecule has 0 bridgehead atoms. The third-order valence-electron chi connectivity index (χ3n) is 8.39. The van der Waals surface area contributed by atoms with Crippen LogP contribution < -0.4 is 10.9 Å². The van der Waals surface area contributed by atoms with Crippen molar-refractivity contribution in [1.29, 1.82) is 0 Å². The molecule has 1 aliphatic rings. The number of imidazole rings is 1. The summed E-state index contributed by atoms with van der Waals surface area (Å²) in [6.07, 6.45) is 4.61. The van der Waals surface area contributed by atoms with Crippen LogP contribution >= 0.6 is 0 Å². The third-order valence-corrected chi connectivity index (χ3v) is 17.4. The molecule has 3 aromatic rings. The summed E-state index contributed by atoms with van der Waals surface area (Å²) in [5.41, 5.74) is 0.294. The molecule has 0 amide bonds. The Morgan fingerprint density at radius 2 is 1.69 bits per heavy atom. The van der Waals surface area contributed by atoms with Gasteiger partial charge in [-0.15, -0.1) is 0 Å². The lowest BCUT2D eigenvalue weighted by molar-refractivity contribution is -0.0383. The number of anilines is 2. The number of hydrogen-bond donors (Lipinski definition) is 2. The summed E-state index contributed by atoms with van der Waals surface area (Å²) in [6, 6.07) is 1.71. The van der Waals surface area contributed by atoms with E-state index in [0.29, 0.717) is 24.6 Å². The van der Waals surface area contributed by atoms with Gasteiger partial charge in [-0.25, -0.2) is 15.0 Å². The zero-order valence-electron chi connectivity index (χ0n) is 24.8. The summed E-state index contributed by atoms with van der Waals surface area (Å²) < 4.78 is 21.9. The quantitative estimate of drug-likeness (QED) is 0.342. The maximum Gasteiger partial charge on any atom is 0.280 e. The van der Waals surface area contributed by atoms with Crippen LogP contribution in [-0.2, 0) is 13.6 Å². The first-order chi connectivity index (χ1) is 18.0. The monoisotopic (exact) mass is 573 g/mol. The molecule has 0 radical (unpaired) electrons. The van der Waals surface area contributed by atoms with Crippen LogP contribution in [0.15, 0.2) is 29.6 Å². The largest absolute Gasteiger partial charge is 0.414 e. The van der Waals surface area contributed by atoms with Gasteiger partial charge < -0.3 is 13.6 Å². The van der Waals surface area contributed by atoms with Crippen molar-refractivity contribution in [2.45, 2.75) is 103 Å². The maximum atomic E-state index is 12.8. The van der Waals surface area contributed by atoms with E-state index in [0.717, 1.165) is 0 Å². The number of rotatable bonds is 8. The maximum absolute atomic E-state index is 12.8. The Balaban J connectivity index is 1.64. The predicted molar refractivity (Wildman–Crippen MR) is 157 cm³/mol. The summed E-state index contributed by atoms with van der Waals surface area (Å²) in [5, 5.41) is 3.09. The van der Waals surface area contributed by atoms with E-state index in [1.54, 1.807) is 24.8 Å². The molecule has 0 aliphatic carbocycles. The molecule has 0 unspecified atom stereocenters. The molecule has 13 heteroatoms. The highest BCUT2D eigenvalue weighted by molar-refractivity contribution is 6.74. The molecule has 0 aromatic carbocycles. The second kappa shape index (κ2) is 10.5. The van der Waals surface area contributed by atoms with Crippen molar-refractivity contribution in [3.63, 3.8) is 0 Å². The predicted octanol–water partition coefficient (Wildman–Crippen LogP) is 5.35. The minimum atomic E-state index is -2.10. The Bertz CT molecular complexity index is 1350. The van der Waals surface area contributed by atoms with Crippen molar-refractivity contribution in [2.75, 3.05) is 11.9 Å². The molecule has 1 fully saturated rings. The number of H-pyrrole nitrogens is 1. The van der Waals surface area contributed by atoms with Gasteiger partial charge in [-0.2, -0.15) is 4.98 Å². The van der Waals surface area contributed by atoms with Crippen LogP contribution in [0.5, 0.6) is 0 Å². The minimum Gasteiger partial charge on any atom is -0.414 e. The molecule has 39 heavy (non-hydrogen) atoms. The topological polar surface area (TPSA) is 129 Å². The van der Waals surface area contributed by atoms with Crippen molar-refractivity contribution < 1.29 is 13.6 Å². The van der Waals surface area contributed by atoms with Gasteiger partial charge in [0.05, 0.1) is 19.0 Å². The van der Waals surface area contributed by atoms with Gasteiger partial charge >= 0.3 is 0 Å². The first kappa shape index (κ1) is 29.5. The molecule has 4 heterocycles. The number of ether oxygens (including phenoxy) is 1. The fourth-order valence-electron chi connectivity index (χ4n) is 3.87. The average molecular weight is 574 g/mol. The zero-order chi connectivity index (χ0) is 28.8. The molecule has 1 saturated heterocycles. The van der Waals surface area contributed by atoms with Crippen LogP contribution in [0.1, 0.15) is 54.2 Å².